The summed E-state index contributed by atoms with van der Waals surface area (Å²) >= 11 is 1.65. The van der Waals surface area contributed by atoms with Gasteiger partial charge >= 0.3 is 0 Å². The number of allylic oxidation sites excluding steroid dienone is 1. The molecule has 0 unspecified atom stereocenters. The Kier molecular flexibility index (Phi) is 5.18. The fourth-order valence-electron chi connectivity index (χ4n) is 7.43. The molecule has 4 rings (SSSR count). The number of hydrogen-bond donors (Lipinski definition) is 1. The van der Waals surface area contributed by atoms with E-state index < -0.39 is 5.60 Å². The lowest BCUT2D eigenvalue weighted by molar-refractivity contribution is -0.159. The van der Waals surface area contributed by atoms with Crippen molar-refractivity contribution in [3.8, 4) is 0 Å². The zero-order chi connectivity index (χ0) is 21.2. The Hall–Kier alpha value is -0.610. The lowest BCUT2D eigenvalue weighted by atomic mass is 9.46. The molecule has 0 amide bonds. The van der Waals surface area contributed by atoms with E-state index in [0.717, 1.165) is 38.5 Å². The number of hydrogen-bond acceptors (Lipinski definition) is 4. The molecule has 0 saturated heterocycles. The minimum absolute atomic E-state index is 0.0295. The number of carbonyl (C=O) groups excluding carboxylic acids is 2. The van der Waals surface area contributed by atoms with Gasteiger partial charge in [-0.2, -0.15) is 0 Å². The van der Waals surface area contributed by atoms with Gasteiger partial charge in [0, 0.05) is 16.6 Å². The quantitative estimate of drug-likeness (QED) is 0.671. The third-order valence-electron chi connectivity index (χ3n) is 9.21. The molecule has 162 valence electrons. The number of Topliss-reactive ketones (excluding diaryl/α,β-unsaturated/α-hetero) is 1. The van der Waals surface area contributed by atoms with Gasteiger partial charge in [-0.05, 0) is 74.2 Å². The van der Waals surface area contributed by atoms with Crippen molar-refractivity contribution in [1.29, 1.82) is 0 Å². The Morgan fingerprint density at radius 3 is 2.48 bits per heavy atom. The van der Waals surface area contributed by atoms with Crippen molar-refractivity contribution in [3.05, 3.63) is 11.6 Å². The smallest absolute Gasteiger partial charge is 0.174 e. The van der Waals surface area contributed by atoms with Crippen molar-refractivity contribution < 1.29 is 14.7 Å². The van der Waals surface area contributed by atoms with Gasteiger partial charge in [0.05, 0.1) is 5.75 Å². The van der Waals surface area contributed by atoms with E-state index in [4.69, 9.17) is 0 Å². The molecule has 4 heteroatoms. The van der Waals surface area contributed by atoms with Crippen molar-refractivity contribution in [2.24, 2.45) is 28.6 Å². The zero-order valence-electron chi connectivity index (χ0n) is 18.8. The van der Waals surface area contributed by atoms with Crippen molar-refractivity contribution >= 4 is 23.3 Å². The average molecular weight is 419 g/mol. The molecule has 3 nitrogen and oxygen atoms in total. The van der Waals surface area contributed by atoms with Crippen LogP contribution in [-0.2, 0) is 9.59 Å². The largest absolute Gasteiger partial charge is 0.381 e. The lowest BCUT2D eigenvalue weighted by Gasteiger charge is -2.58. The van der Waals surface area contributed by atoms with E-state index in [1.165, 1.54) is 5.57 Å². The summed E-state index contributed by atoms with van der Waals surface area (Å²) in [5, 5.41) is 11.7. The Balaban J connectivity index is 1.58. The summed E-state index contributed by atoms with van der Waals surface area (Å²) in [5.74, 6) is 2.34. The Morgan fingerprint density at radius 1 is 1.10 bits per heavy atom. The summed E-state index contributed by atoms with van der Waals surface area (Å²) in [6.07, 6.45) is 9.33. The minimum Gasteiger partial charge on any atom is -0.381 e. The highest BCUT2D eigenvalue weighted by molar-refractivity contribution is 8.01. The van der Waals surface area contributed by atoms with Crippen LogP contribution in [0.5, 0.6) is 0 Å². The van der Waals surface area contributed by atoms with Crippen LogP contribution in [0.15, 0.2) is 11.6 Å². The number of fused-ring (bicyclic) bond motifs is 5. The molecule has 4 aliphatic carbocycles. The standard InChI is InChI=1S/C25H38O3S/c1-22(2,3)29-15-21(27)25(28)13-10-20-18-7-6-16-14-17(26)8-11-23(16,4)19(18)9-12-24(20,25)5/h14,18-20,28H,6-13,15H2,1-5H3/t18-,19-,20-,23+,24+,25+/m1/s1. The molecule has 0 aliphatic heterocycles. The third kappa shape index (κ3) is 3.28. The van der Waals surface area contributed by atoms with E-state index in [1.54, 1.807) is 11.8 Å². The summed E-state index contributed by atoms with van der Waals surface area (Å²) in [6, 6.07) is 0. The maximum absolute atomic E-state index is 13.2. The highest BCUT2D eigenvalue weighted by Crippen LogP contribution is 2.67. The second-order valence-corrected chi connectivity index (χ2v) is 13.5. The molecule has 0 spiro atoms. The highest BCUT2D eigenvalue weighted by atomic mass is 32.2. The molecule has 3 fully saturated rings. The summed E-state index contributed by atoms with van der Waals surface area (Å²) in [6.45, 7) is 11.0. The van der Waals surface area contributed by atoms with Crippen molar-refractivity contribution in [2.45, 2.75) is 96.3 Å². The van der Waals surface area contributed by atoms with Crippen LogP contribution in [0, 0.1) is 28.6 Å². The molecule has 0 aromatic rings. The number of ketones is 2. The molecule has 1 N–H and O–H groups in total. The van der Waals surface area contributed by atoms with Gasteiger partial charge in [0.15, 0.2) is 11.6 Å². The van der Waals surface area contributed by atoms with Gasteiger partial charge in [-0.15, -0.1) is 11.8 Å². The molecule has 0 aromatic heterocycles. The molecule has 0 bridgehead atoms. The molecular formula is C25H38O3S. The molecule has 3 saturated carbocycles. The van der Waals surface area contributed by atoms with Crippen molar-refractivity contribution in [3.63, 3.8) is 0 Å². The SMILES string of the molecule is CC(C)(C)SCC(=O)[C@@]1(O)CC[C@@H]2[C@@H]3CCC4=CC(=O)CC[C@]4(C)[C@@H]3CC[C@@]21C. The molecule has 0 aromatic carbocycles. The average Bonchev–Trinajstić information content (AvgIpc) is 2.92. The number of aliphatic hydroxyl groups is 1. The maximum Gasteiger partial charge on any atom is 0.174 e. The molecular weight excluding hydrogens is 380 g/mol. The topological polar surface area (TPSA) is 54.4 Å². The van der Waals surface area contributed by atoms with E-state index in [1.807, 2.05) is 6.08 Å². The Labute approximate surface area is 180 Å². The normalized spacial score (nSPS) is 44.6. The van der Waals surface area contributed by atoms with Gasteiger partial charge in [0.2, 0.25) is 0 Å². The van der Waals surface area contributed by atoms with Crippen LogP contribution >= 0.6 is 11.8 Å². The minimum atomic E-state index is -1.17. The molecule has 29 heavy (non-hydrogen) atoms. The highest BCUT2D eigenvalue weighted by Gasteiger charge is 2.66. The fourth-order valence-corrected chi connectivity index (χ4v) is 8.24. The van der Waals surface area contributed by atoms with Gasteiger partial charge < -0.3 is 5.11 Å². The van der Waals surface area contributed by atoms with E-state index in [9.17, 15) is 14.7 Å². The predicted molar refractivity (Wildman–Crippen MR) is 119 cm³/mol. The molecule has 0 heterocycles. The first-order valence-electron chi connectivity index (χ1n) is 11.5. The summed E-state index contributed by atoms with van der Waals surface area (Å²) < 4.78 is 0.0295. The summed E-state index contributed by atoms with van der Waals surface area (Å²) in [7, 11) is 0. The van der Waals surface area contributed by atoms with Gasteiger partial charge in [-0.3, -0.25) is 9.59 Å². The van der Waals surface area contributed by atoms with E-state index in [0.29, 0.717) is 42.1 Å². The van der Waals surface area contributed by atoms with Gasteiger partial charge in [0.1, 0.15) is 5.60 Å². The second-order valence-electron chi connectivity index (χ2n) is 11.6. The van der Waals surface area contributed by atoms with E-state index >= 15 is 0 Å². The van der Waals surface area contributed by atoms with Gasteiger partial charge in [0.25, 0.3) is 0 Å². The lowest BCUT2D eigenvalue weighted by Crippen LogP contribution is -2.58. The van der Waals surface area contributed by atoms with Crippen LogP contribution in [-0.4, -0.2) is 32.8 Å². The van der Waals surface area contributed by atoms with Crippen LogP contribution in [0.1, 0.15) is 86.0 Å². The summed E-state index contributed by atoms with van der Waals surface area (Å²) in [5.41, 5.74) is 0.0569. The van der Waals surface area contributed by atoms with Gasteiger partial charge in [-0.1, -0.05) is 40.2 Å². The van der Waals surface area contributed by atoms with E-state index in [-0.39, 0.29) is 21.4 Å². The van der Waals surface area contributed by atoms with Gasteiger partial charge in [-0.25, -0.2) is 0 Å². The number of carbonyl (C=O) groups is 2. The van der Waals surface area contributed by atoms with E-state index in [2.05, 4.69) is 34.6 Å². The predicted octanol–water partition coefficient (Wildman–Crippen LogP) is 5.35. The number of rotatable bonds is 3. The molecule has 0 radical (unpaired) electrons. The number of thioether (sulfide) groups is 1. The molecule has 4 aliphatic rings. The first-order valence-corrected chi connectivity index (χ1v) is 12.5. The fraction of sp³-hybridized carbons (Fsp3) is 0.840. The third-order valence-corrected chi connectivity index (χ3v) is 10.5. The first kappa shape index (κ1) is 21.6. The van der Waals surface area contributed by atoms with Crippen LogP contribution in [0.3, 0.4) is 0 Å². The van der Waals surface area contributed by atoms with Crippen LogP contribution in [0.2, 0.25) is 0 Å². The zero-order valence-corrected chi connectivity index (χ0v) is 19.7. The Morgan fingerprint density at radius 2 is 1.79 bits per heavy atom. The van der Waals surface area contributed by atoms with Crippen LogP contribution in [0.25, 0.3) is 0 Å². The maximum atomic E-state index is 13.2. The summed E-state index contributed by atoms with van der Waals surface area (Å²) in [4.78, 5) is 25.2. The second kappa shape index (κ2) is 6.95. The first-order chi connectivity index (χ1) is 13.4. The van der Waals surface area contributed by atoms with Crippen LogP contribution < -0.4 is 0 Å². The van der Waals surface area contributed by atoms with Crippen molar-refractivity contribution in [1.82, 2.24) is 0 Å². The monoisotopic (exact) mass is 418 g/mol. The molecule has 6 atom stereocenters. The van der Waals surface area contributed by atoms with Crippen molar-refractivity contribution in [2.75, 3.05) is 5.75 Å². The Bertz CT molecular complexity index is 750. The van der Waals surface area contributed by atoms with Crippen LogP contribution in [0.4, 0.5) is 0 Å².